The van der Waals surface area contributed by atoms with Crippen LogP contribution in [0.25, 0.3) is 0 Å². The minimum atomic E-state index is -0.853. The first kappa shape index (κ1) is 24.3. The van der Waals surface area contributed by atoms with E-state index in [2.05, 4.69) is 31.2 Å². The summed E-state index contributed by atoms with van der Waals surface area (Å²) in [5.41, 5.74) is 3.19. The first-order chi connectivity index (χ1) is 16.1. The lowest BCUT2D eigenvalue weighted by Gasteiger charge is -2.31. The van der Waals surface area contributed by atoms with E-state index in [0.717, 1.165) is 18.8 Å². The van der Waals surface area contributed by atoms with E-state index in [9.17, 15) is 8.78 Å². The lowest BCUT2D eigenvalue weighted by Crippen LogP contribution is -2.26. The summed E-state index contributed by atoms with van der Waals surface area (Å²) >= 11 is 0. The highest BCUT2D eigenvalue weighted by atomic mass is 19.2. The fourth-order valence-electron chi connectivity index (χ4n) is 5.46. The monoisotopic (exact) mass is 456 g/mol. The van der Waals surface area contributed by atoms with Crippen molar-refractivity contribution < 1.29 is 18.3 Å². The van der Waals surface area contributed by atoms with Crippen LogP contribution in [-0.4, -0.2) is 13.2 Å². The molecule has 1 saturated heterocycles. The van der Waals surface area contributed by atoms with Crippen molar-refractivity contribution in [2.24, 2.45) is 5.92 Å². The van der Waals surface area contributed by atoms with Crippen LogP contribution >= 0.6 is 0 Å². The maximum atomic E-state index is 14.6. The molecule has 2 nitrogen and oxygen atoms in total. The molecule has 2 fully saturated rings. The Bertz CT molecular complexity index is 879. The molecule has 0 N–H and O–H groups in total. The number of unbranched alkanes of at least 4 members (excludes halogenated alkanes) is 1. The average Bonchev–Trinajstić information content (AvgIpc) is 2.86. The molecule has 0 amide bonds. The van der Waals surface area contributed by atoms with Crippen molar-refractivity contribution in [1.82, 2.24) is 0 Å². The molecule has 0 unspecified atom stereocenters. The molecular formula is C29H38F2O2. The third kappa shape index (κ3) is 5.84. The van der Waals surface area contributed by atoms with E-state index in [1.54, 1.807) is 12.1 Å². The second kappa shape index (κ2) is 11.6. The Morgan fingerprint density at radius 2 is 1.39 bits per heavy atom. The first-order valence-corrected chi connectivity index (χ1v) is 12.9. The highest BCUT2D eigenvalue weighted by Crippen LogP contribution is 2.38. The molecule has 180 valence electrons. The fourth-order valence-corrected chi connectivity index (χ4v) is 5.46. The van der Waals surface area contributed by atoms with Gasteiger partial charge in [-0.05, 0) is 67.1 Å². The summed E-state index contributed by atoms with van der Waals surface area (Å²) in [5, 5.41) is 0. The van der Waals surface area contributed by atoms with E-state index < -0.39 is 17.9 Å². The van der Waals surface area contributed by atoms with Crippen LogP contribution in [0.4, 0.5) is 8.78 Å². The number of hydrogen-bond donors (Lipinski definition) is 0. The van der Waals surface area contributed by atoms with Crippen LogP contribution in [0.1, 0.15) is 106 Å². The minimum absolute atomic E-state index is 0.104. The van der Waals surface area contributed by atoms with Gasteiger partial charge in [0.1, 0.15) is 0 Å². The van der Waals surface area contributed by atoms with Gasteiger partial charge in [-0.3, -0.25) is 0 Å². The summed E-state index contributed by atoms with van der Waals surface area (Å²) in [7, 11) is 0. The topological polar surface area (TPSA) is 18.5 Å². The molecule has 1 heterocycles. The molecule has 2 aliphatic rings. The predicted molar refractivity (Wildman–Crippen MR) is 128 cm³/mol. The van der Waals surface area contributed by atoms with E-state index >= 15 is 0 Å². The van der Waals surface area contributed by atoms with Gasteiger partial charge in [0.05, 0.1) is 13.2 Å². The Balaban J connectivity index is 1.32. The summed E-state index contributed by atoms with van der Waals surface area (Å²) in [6.45, 7) is 5.19. The number of hydrogen-bond acceptors (Lipinski definition) is 2. The van der Waals surface area contributed by atoms with Crippen molar-refractivity contribution in [3.8, 4) is 0 Å². The molecule has 1 aliphatic heterocycles. The van der Waals surface area contributed by atoms with Gasteiger partial charge in [0.2, 0.25) is 0 Å². The zero-order valence-corrected chi connectivity index (χ0v) is 20.1. The van der Waals surface area contributed by atoms with E-state index in [0.29, 0.717) is 31.1 Å². The SMILES string of the molecule is CCCCc1ccc(C2OCC(c3ccc(C4CCC(CCC)CC4)cc3)CO2)c(F)c1F. The van der Waals surface area contributed by atoms with Gasteiger partial charge in [0.25, 0.3) is 0 Å². The first-order valence-electron chi connectivity index (χ1n) is 12.9. The Kier molecular flexibility index (Phi) is 8.54. The Hall–Kier alpha value is -1.78. The minimum Gasteiger partial charge on any atom is -0.348 e. The number of rotatable bonds is 8. The van der Waals surface area contributed by atoms with Gasteiger partial charge in [0, 0.05) is 11.5 Å². The molecule has 1 saturated carbocycles. The van der Waals surface area contributed by atoms with E-state index in [-0.39, 0.29) is 11.5 Å². The molecular weight excluding hydrogens is 418 g/mol. The second-order valence-corrected chi connectivity index (χ2v) is 9.91. The van der Waals surface area contributed by atoms with Crippen molar-refractivity contribution in [1.29, 1.82) is 0 Å². The van der Waals surface area contributed by atoms with E-state index in [1.165, 1.54) is 49.7 Å². The normalized spacial score (nSPS) is 25.8. The molecule has 33 heavy (non-hydrogen) atoms. The van der Waals surface area contributed by atoms with Gasteiger partial charge in [0.15, 0.2) is 17.9 Å². The molecule has 2 aromatic rings. The van der Waals surface area contributed by atoms with Gasteiger partial charge in [-0.2, -0.15) is 0 Å². The van der Waals surface area contributed by atoms with Crippen molar-refractivity contribution in [3.63, 3.8) is 0 Å². The van der Waals surface area contributed by atoms with Gasteiger partial charge in [-0.25, -0.2) is 8.78 Å². The molecule has 1 aliphatic carbocycles. The Morgan fingerprint density at radius 3 is 2.00 bits per heavy atom. The van der Waals surface area contributed by atoms with E-state index in [4.69, 9.17) is 9.47 Å². The highest BCUT2D eigenvalue weighted by Gasteiger charge is 2.29. The van der Waals surface area contributed by atoms with Crippen LogP contribution in [-0.2, 0) is 15.9 Å². The summed E-state index contributed by atoms with van der Waals surface area (Å²) in [6, 6.07) is 12.2. The Morgan fingerprint density at radius 1 is 0.758 bits per heavy atom. The number of ether oxygens (including phenoxy) is 2. The molecule has 0 spiro atoms. The third-order valence-corrected chi connectivity index (χ3v) is 7.57. The van der Waals surface area contributed by atoms with Crippen LogP contribution < -0.4 is 0 Å². The molecule has 0 bridgehead atoms. The largest absolute Gasteiger partial charge is 0.348 e. The lowest BCUT2D eigenvalue weighted by molar-refractivity contribution is -0.193. The fraction of sp³-hybridized carbons (Fsp3) is 0.586. The zero-order chi connectivity index (χ0) is 23.2. The van der Waals surface area contributed by atoms with Crippen LogP contribution in [0.3, 0.4) is 0 Å². The summed E-state index contributed by atoms with van der Waals surface area (Å²) in [4.78, 5) is 0. The van der Waals surface area contributed by atoms with Crippen LogP contribution in [0.15, 0.2) is 36.4 Å². The van der Waals surface area contributed by atoms with Gasteiger partial charge >= 0.3 is 0 Å². The second-order valence-electron chi connectivity index (χ2n) is 9.91. The lowest BCUT2D eigenvalue weighted by atomic mass is 9.77. The molecule has 2 aromatic carbocycles. The predicted octanol–water partition coefficient (Wildman–Crippen LogP) is 8.21. The quantitative estimate of drug-likeness (QED) is 0.398. The summed E-state index contributed by atoms with van der Waals surface area (Å²) < 4.78 is 40.8. The van der Waals surface area contributed by atoms with Crippen molar-refractivity contribution in [2.75, 3.05) is 13.2 Å². The zero-order valence-electron chi connectivity index (χ0n) is 20.1. The number of aryl methyl sites for hydroxylation is 1. The van der Waals surface area contributed by atoms with Crippen molar-refractivity contribution in [2.45, 2.75) is 89.8 Å². The van der Waals surface area contributed by atoms with E-state index in [1.807, 2.05) is 6.92 Å². The van der Waals surface area contributed by atoms with Gasteiger partial charge in [-0.1, -0.05) is 69.5 Å². The summed E-state index contributed by atoms with van der Waals surface area (Å²) in [5.74, 6) is 0.0846. The van der Waals surface area contributed by atoms with Crippen molar-refractivity contribution in [3.05, 3.63) is 70.3 Å². The highest BCUT2D eigenvalue weighted by molar-refractivity contribution is 5.30. The maximum absolute atomic E-state index is 14.6. The average molecular weight is 457 g/mol. The van der Waals surface area contributed by atoms with Crippen LogP contribution in [0.2, 0.25) is 0 Å². The van der Waals surface area contributed by atoms with Gasteiger partial charge in [-0.15, -0.1) is 0 Å². The number of benzene rings is 2. The number of halogens is 2. The molecule has 0 atom stereocenters. The van der Waals surface area contributed by atoms with Crippen LogP contribution in [0.5, 0.6) is 0 Å². The van der Waals surface area contributed by atoms with Crippen molar-refractivity contribution >= 4 is 0 Å². The standard InChI is InChI=1S/C29H38F2O2/c1-3-5-7-24-16-17-26(28(31)27(24)30)29-32-18-25(19-33-29)23-14-12-22(13-15-23)21-10-8-20(6-4-2)9-11-21/h12-17,20-21,25,29H,3-11,18-19H2,1-2H3. The molecule has 4 heteroatoms. The Labute approximate surface area is 197 Å². The third-order valence-electron chi connectivity index (χ3n) is 7.57. The maximum Gasteiger partial charge on any atom is 0.186 e. The summed E-state index contributed by atoms with van der Waals surface area (Å²) in [6.07, 6.45) is 9.42. The van der Waals surface area contributed by atoms with Crippen LogP contribution in [0, 0.1) is 17.6 Å². The molecule has 0 radical (unpaired) electrons. The molecule has 4 rings (SSSR count). The molecule has 0 aromatic heterocycles. The van der Waals surface area contributed by atoms with Gasteiger partial charge < -0.3 is 9.47 Å². The smallest absolute Gasteiger partial charge is 0.186 e.